The van der Waals surface area contributed by atoms with Crippen molar-refractivity contribution in [2.75, 3.05) is 5.32 Å². The third-order valence-electron chi connectivity index (χ3n) is 2.49. The molecule has 2 aromatic heterocycles. The van der Waals surface area contributed by atoms with Crippen LogP contribution in [0.1, 0.15) is 22.6 Å². The predicted octanol–water partition coefficient (Wildman–Crippen LogP) is 1.14. The van der Waals surface area contributed by atoms with E-state index in [4.69, 9.17) is 5.11 Å². The SMILES string of the molecule is O=C(CCc1ccccn1)Nc1nccnc1C(=O)O. The molecule has 102 valence electrons. The summed E-state index contributed by atoms with van der Waals surface area (Å²) < 4.78 is 0. The summed E-state index contributed by atoms with van der Waals surface area (Å²) in [5, 5.41) is 11.4. The zero-order chi connectivity index (χ0) is 14.4. The van der Waals surface area contributed by atoms with E-state index in [-0.39, 0.29) is 23.8 Å². The van der Waals surface area contributed by atoms with Gasteiger partial charge >= 0.3 is 5.97 Å². The van der Waals surface area contributed by atoms with Gasteiger partial charge in [-0.25, -0.2) is 14.8 Å². The Kier molecular flexibility index (Phi) is 4.33. The monoisotopic (exact) mass is 272 g/mol. The lowest BCUT2D eigenvalue weighted by atomic mass is 10.2. The van der Waals surface area contributed by atoms with Crippen molar-refractivity contribution in [3.05, 3.63) is 48.2 Å². The normalized spacial score (nSPS) is 10.0. The highest BCUT2D eigenvalue weighted by Crippen LogP contribution is 2.09. The molecule has 2 rings (SSSR count). The quantitative estimate of drug-likeness (QED) is 0.845. The molecule has 0 saturated heterocycles. The van der Waals surface area contributed by atoms with Crippen LogP contribution in [0, 0.1) is 0 Å². The molecule has 0 aliphatic rings. The van der Waals surface area contributed by atoms with Gasteiger partial charge in [0.2, 0.25) is 5.91 Å². The lowest BCUT2D eigenvalue weighted by Crippen LogP contribution is -2.17. The van der Waals surface area contributed by atoms with E-state index < -0.39 is 5.97 Å². The summed E-state index contributed by atoms with van der Waals surface area (Å²) in [6.07, 6.45) is 4.88. The first kappa shape index (κ1) is 13.6. The van der Waals surface area contributed by atoms with Crippen molar-refractivity contribution in [1.82, 2.24) is 15.0 Å². The summed E-state index contributed by atoms with van der Waals surface area (Å²) in [5.74, 6) is -1.62. The molecular formula is C13H12N4O3. The number of pyridine rings is 1. The highest BCUT2D eigenvalue weighted by Gasteiger charge is 2.14. The number of carbonyl (C=O) groups excluding carboxylic acids is 1. The van der Waals surface area contributed by atoms with Crippen molar-refractivity contribution in [3.63, 3.8) is 0 Å². The molecule has 0 aromatic carbocycles. The molecule has 0 unspecified atom stereocenters. The van der Waals surface area contributed by atoms with E-state index in [1.807, 2.05) is 12.1 Å². The van der Waals surface area contributed by atoms with Crippen molar-refractivity contribution >= 4 is 17.7 Å². The van der Waals surface area contributed by atoms with E-state index in [9.17, 15) is 9.59 Å². The molecule has 7 nitrogen and oxygen atoms in total. The number of nitrogens with one attached hydrogen (secondary N) is 1. The number of carboxylic acid groups (broad SMARTS) is 1. The van der Waals surface area contributed by atoms with Crippen LogP contribution < -0.4 is 5.32 Å². The van der Waals surface area contributed by atoms with Crippen molar-refractivity contribution in [3.8, 4) is 0 Å². The standard InChI is InChI=1S/C13H12N4O3/c18-10(5-4-9-3-1-2-6-14-9)17-12-11(13(19)20)15-7-8-16-12/h1-3,6-8H,4-5H2,(H,19,20)(H,16,17,18). The maximum absolute atomic E-state index is 11.8. The molecule has 2 heterocycles. The Morgan fingerprint density at radius 3 is 2.60 bits per heavy atom. The largest absolute Gasteiger partial charge is 0.476 e. The predicted molar refractivity (Wildman–Crippen MR) is 70.2 cm³/mol. The minimum atomic E-state index is -1.24. The van der Waals surface area contributed by atoms with E-state index in [1.165, 1.54) is 12.4 Å². The van der Waals surface area contributed by atoms with Crippen LogP contribution in [0.5, 0.6) is 0 Å². The van der Waals surface area contributed by atoms with Crippen molar-refractivity contribution in [2.45, 2.75) is 12.8 Å². The molecule has 0 aliphatic heterocycles. The lowest BCUT2D eigenvalue weighted by molar-refractivity contribution is -0.116. The number of aromatic nitrogens is 3. The minimum Gasteiger partial charge on any atom is -0.476 e. The van der Waals surface area contributed by atoms with Gasteiger partial charge in [-0.2, -0.15) is 0 Å². The fraction of sp³-hybridized carbons (Fsp3) is 0.154. The van der Waals surface area contributed by atoms with Gasteiger partial charge in [-0.05, 0) is 18.6 Å². The van der Waals surface area contributed by atoms with E-state index >= 15 is 0 Å². The highest BCUT2D eigenvalue weighted by molar-refractivity contribution is 5.97. The molecular weight excluding hydrogens is 260 g/mol. The fourth-order valence-electron chi connectivity index (χ4n) is 1.57. The topological polar surface area (TPSA) is 105 Å². The molecule has 20 heavy (non-hydrogen) atoms. The number of aromatic carboxylic acids is 1. The van der Waals surface area contributed by atoms with E-state index in [1.54, 1.807) is 12.3 Å². The molecule has 0 aliphatic carbocycles. The number of hydrogen-bond acceptors (Lipinski definition) is 5. The zero-order valence-electron chi connectivity index (χ0n) is 10.5. The second-order valence-electron chi connectivity index (χ2n) is 3.93. The second-order valence-corrected chi connectivity index (χ2v) is 3.93. The number of aryl methyl sites for hydroxylation is 1. The molecule has 0 spiro atoms. The minimum absolute atomic E-state index is 0.0500. The van der Waals surface area contributed by atoms with Gasteiger partial charge in [0.05, 0.1) is 0 Å². The molecule has 0 saturated carbocycles. The average Bonchev–Trinajstić information content (AvgIpc) is 2.46. The van der Waals surface area contributed by atoms with Crippen LogP contribution in [0.15, 0.2) is 36.8 Å². The van der Waals surface area contributed by atoms with E-state index in [0.29, 0.717) is 6.42 Å². The van der Waals surface area contributed by atoms with Crippen LogP contribution in [-0.4, -0.2) is 31.9 Å². The Labute approximate surface area is 114 Å². The molecule has 2 aromatic rings. The number of carbonyl (C=O) groups is 2. The molecule has 0 bridgehead atoms. The van der Waals surface area contributed by atoms with Crippen LogP contribution >= 0.6 is 0 Å². The number of carboxylic acids is 1. The smallest absolute Gasteiger partial charge is 0.358 e. The first-order valence-electron chi connectivity index (χ1n) is 5.91. The summed E-state index contributed by atoms with van der Waals surface area (Å²) in [4.78, 5) is 34.2. The summed E-state index contributed by atoms with van der Waals surface area (Å²) in [6.45, 7) is 0. The second kappa shape index (κ2) is 6.37. The van der Waals surface area contributed by atoms with Gasteiger partial charge in [-0.15, -0.1) is 0 Å². The Morgan fingerprint density at radius 1 is 1.10 bits per heavy atom. The van der Waals surface area contributed by atoms with Gasteiger partial charge < -0.3 is 10.4 Å². The van der Waals surface area contributed by atoms with E-state index in [2.05, 4.69) is 20.3 Å². The molecule has 7 heteroatoms. The van der Waals surface area contributed by atoms with Gasteiger partial charge in [-0.1, -0.05) is 6.07 Å². The lowest BCUT2D eigenvalue weighted by Gasteiger charge is -2.06. The van der Waals surface area contributed by atoms with Gasteiger partial charge in [0, 0.05) is 30.7 Å². The average molecular weight is 272 g/mol. The summed E-state index contributed by atoms with van der Waals surface area (Å²) in [7, 11) is 0. The fourth-order valence-corrected chi connectivity index (χ4v) is 1.57. The summed E-state index contributed by atoms with van der Waals surface area (Å²) in [6, 6.07) is 5.45. The van der Waals surface area contributed by atoms with Gasteiger partial charge in [0.15, 0.2) is 11.5 Å². The Bertz CT molecular complexity index is 616. The number of amides is 1. The molecule has 2 N–H and O–H groups in total. The molecule has 0 atom stereocenters. The first-order valence-corrected chi connectivity index (χ1v) is 5.91. The number of rotatable bonds is 5. The van der Waals surface area contributed by atoms with Crippen LogP contribution in [0.2, 0.25) is 0 Å². The third kappa shape index (κ3) is 3.58. The number of anilines is 1. The number of hydrogen-bond donors (Lipinski definition) is 2. The van der Waals surface area contributed by atoms with Crippen LogP contribution in [0.4, 0.5) is 5.82 Å². The highest BCUT2D eigenvalue weighted by atomic mass is 16.4. The summed E-state index contributed by atoms with van der Waals surface area (Å²) >= 11 is 0. The Balaban J connectivity index is 1.97. The molecule has 1 amide bonds. The van der Waals surface area contributed by atoms with Crippen LogP contribution in [-0.2, 0) is 11.2 Å². The van der Waals surface area contributed by atoms with E-state index in [0.717, 1.165) is 5.69 Å². The van der Waals surface area contributed by atoms with Crippen molar-refractivity contribution in [1.29, 1.82) is 0 Å². The Hall–Kier alpha value is -2.83. The maximum atomic E-state index is 11.8. The zero-order valence-corrected chi connectivity index (χ0v) is 10.5. The molecule has 0 fully saturated rings. The Morgan fingerprint density at radius 2 is 1.90 bits per heavy atom. The van der Waals surface area contributed by atoms with Gasteiger partial charge in [-0.3, -0.25) is 9.78 Å². The van der Waals surface area contributed by atoms with Gasteiger partial charge in [0.1, 0.15) is 0 Å². The van der Waals surface area contributed by atoms with Gasteiger partial charge in [0.25, 0.3) is 0 Å². The first-order chi connectivity index (χ1) is 9.66. The van der Waals surface area contributed by atoms with Crippen LogP contribution in [0.3, 0.4) is 0 Å². The third-order valence-corrected chi connectivity index (χ3v) is 2.49. The van der Waals surface area contributed by atoms with Crippen molar-refractivity contribution < 1.29 is 14.7 Å². The summed E-state index contributed by atoms with van der Waals surface area (Å²) in [5.41, 5.74) is 0.513. The maximum Gasteiger partial charge on any atom is 0.358 e. The van der Waals surface area contributed by atoms with Crippen molar-refractivity contribution in [2.24, 2.45) is 0 Å². The van der Waals surface area contributed by atoms with Crippen LogP contribution in [0.25, 0.3) is 0 Å². The molecule has 0 radical (unpaired) electrons. The number of nitrogens with zero attached hydrogens (tertiary/aromatic N) is 3.